The van der Waals surface area contributed by atoms with Crippen LogP contribution in [0.2, 0.25) is 0 Å². The predicted octanol–water partition coefficient (Wildman–Crippen LogP) is 1.26. The van der Waals surface area contributed by atoms with Gasteiger partial charge in [0.1, 0.15) is 23.7 Å². The standard InChI is InChI=1S/C10H10F2N4/c1-13-5-10-14-6-15-16(10)9-3-2-7(11)4-8(9)12/h2-4,6,13H,5H2,1H3. The van der Waals surface area contributed by atoms with Crippen LogP contribution >= 0.6 is 0 Å². The molecule has 2 aromatic rings. The Morgan fingerprint density at radius 3 is 2.88 bits per heavy atom. The second kappa shape index (κ2) is 4.36. The molecule has 1 N–H and O–H groups in total. The fourth-order valence-corrected chi connectivity index (χ4v) is 1.40. The summed E-state index contributed by atoms with van der Waals surface area (Å²) in [6.45, 7) is 0.455. The third kappa shape index (κ3) is 1.92. The maximum Gasteiger partial charge on any atom is 0.151 e. The van der Waals surface area contributed by atoms with E-state index in [9.17, 15) is 8.78 Å². The summed E-state index contributed by atoms with van der Waals surface area (Å²) in [4.78, 5) is 3.97. The van der Waals surface area contributed by atoms with Gasteiger partial charge in [0.25, 0.3) is 0 Å². The average molecular weight is 224 g/mol. The Kier molecular flexibility index (Phi) is 2.91. The van der Waals surface area contributed by atoms with Crippen LogP contribution in [0.1, 0.15) is 5.82 Å². The van der Waals surface area contributed by atoms with E-state index in [4.69, 9.17) is 0 Å². The first-order chi connectivity index (χ1) is 7.72. The first-order valence-corrected chi connectivity index (χ1v) is 4.71. The van der Waals surface area contributed by atoms with E-state index in [1.165, 1.54) is 23.1 Å². The van der Waals surface area contributed by atoms with E-state index in [2.05, 4.69) is 15.4 Å². The van der Waals surface area contributed by atoms with Crippen molar-refractivity contribution in [2.75, 3.05) is 7.05 Å². The maximum atomic E-state index is 13.5. The Hall–Kier alpha value is -1.82. The molecule has 2 rings (SSSR count). The summed E-state index contributed by atoms with van der Waals surface area (Å²) in [5.74, 6) is -0.715. The van der Waals surface area contributed by atoms with Gasteiger partial charge in [0.05, 0.1) is 6.54 Å². The molecule has 0 amide bonds. The van der Waals surface area contributed by atoms with E-state index < -0.39 is 11.6 Å². The summed E-state index contributed by atoms with van der Waals surface area (Å²) in [6.07, 6.45) is 1.33. The van der Waals surface area contributed by atoms with Gasteiger partial charge in [-0.05, 0) is 19.2 Å². The minimum absolute atomic E-state index is 0.184. The topological polar surface area (TPSA) is 42.7 Å². The Morgan fingerprint density at radius 1 is 1.38 bits per heavy atom. The number of nitrogens with one attached hydrogen (secondary N) is 1. The molecule has 0 aliphatic heterocycles. The lowest BCUT2D eigenvalue weighted by atomic mass is 10.3. The molecule has 0 bridgehead atoms. The molecule has 1 aromatic heterocycles. The summed E-state index contributed by atoms with van der Waals surface area (Å²) in [6, 6.07) is 3.34. The minimum Gasteiger partial charge on any atom is -0.313 e. The minimum atomic E-state index is -0.664. The molecule has 0 saturated heterocycles. The summed E-state index contributed by atoms with van der Waals surface area (Å²) in [7, 11) is 1.75. The number of halogens is 2. The number of rotatable bonds is 3. The van der Waals surface area contributed by atoms with Crippen LogP contribution in [0.4, 0.5) is 8.78 Å². The number of hydrogen-bond acceptors (Lipinski definition) is 3. The third-order valence-electron chi connectivity index (χ3n) is 2.09. The Labute approximate surface area is 90.9 Å². The highest BCUT2D eigenvalue weighted by Crippen LogP contribution is 2.14. The first kappa shape index (κ1) is 10.7. The zero-order chi connectivity index (χ0) is 11.5. The Bertz CT molecular complexity index is 495. The fourth-order valence-electron chi connectivity index (χ4n) is 1.40. The molecule has 0 fully saturated rings. The van der Waals surface area contributed by atoms with Gasteiger partial charge >= 0.3 is 0 Å². The van der Waals surface area contributed by atoms with Crippen LogP contribution in [0.25, 0.3) is 5.69 Å². The van der Waals surface area contributed by atoms with Crippen molar-refractivity contribution < 1.29 is 8.78 Å². The highest BCUT2D eigenvalue weighted by atomic mass is 19.1. The second-order valence-corrected chi connectivity index (χ2v) is 3.21. The molecule has 0 unspecified atom stereocenters. The fraction of sp³-hybridized carbons (Fsp3) is 0.200. The lowest BCUT2D eigenvalue weighted by Crippen LogP contribution is -2.13. The first-order valence-electron chi connectivity index (χ1n) is 4.71. The van der Waals surface area contributed by atoms with Crippen molar-refractivity contribution >= 4 is 0 Å². The van der Waals surface area contributed by atoms with E-state index in [1.54, 1.807) is 7.05 Å². The zero-order valence-electron chi connectivity index (χ0n) is 8.61. The number of benzene rings is 1. The van der Waals surface area contributed by atoms with Crippen LogP contribution in [0.5, 0.6) is 0 Å². The monoisotopic (exact) mass is 224 g/mol. The molecular weight excluding hydrogens is 214 g/mol. The van der Waals surface area contributed by atoms with Crippen molar-refractivity contribution in [1.82, 2.24) is 20.1 Å². The van der Waals surface area contributed by atoms with Crippen molar-refractivity contribution in [3.05, 3.63) is 42.0 Å². The maximum absolute atomic E-state index is 13.5. The molecule has 16 heavy (non-hydrogen) atoms. The number of aromatic nitrogens is 3. The van der Waals surface area contributed by atoms with E-state index in [-0.39, 0.29) is 5.69 Å². The van der Waals surface area contributed by atoms with Crippen LogP contribution in [0, 0.1) is 11.6 Å². The average Bonchev–Trinajstić information content (AvgIpc) is 2.67. The van der Waals surface area contributed by atoms with Crippen LogP contribution < -0.4 is 5.32 Å². The van der Waals surface area contributed by atoms with Crippen molar-refractivity contribution in [3.8, 4) is 5.69 Å². The summed E-state index contributed by atoms with van der Waals surface area (Å²) in [5, 5.41) is 6.79. The molecule has 0 saturated carbocycles. The van der Waals surface area contributed by atoms with E-state index in [0.717, 1.165) is 6.07 Å². The van der Waals surface area contributed by atoms with E-state index >= 15 is 0 Å². The molecule has 0 radical (unpaired) electrons. The molecular formula is C10H10F2N4. The van der Waals surface area contributed by atoms with Crippen LogP contribution in [0.15, 0.2) is 24.5 Å². The lowest BCUT2D eigenvalue weighted by Gasteiger charge is -2.06. The van der Waals surface area contributed by atoms with E-state index in [1.807, 2.05) is 0 Å². The molecule has 0 aliphatic carbocycles. The third-order valence-corrected chi connectivity index (χ3v) is 2.09. The van der Waals surface area contributed by atoms with Crippen molar-refractivity contribution in [2.24, 2.45) is 0 Å². The van der Waals surface area contributed by atoms with Crippen molar-refractivity contribution in [2.45, 2.75) is 6.54 Å². The van der Waals surface area contributed by atoms with Gasteiger partial charge in [-0.15, -0.1) is 0 Å². The van der Waals surface area contributed by atoms with Gasteiger partial charge in [-0.1, -0.05) is 0 Å². The lowest BCUT2D eigenvalue weighted by molar-refractivity contribution is 0.569. The van der Waals surface area contributed by atoms with E-state index in [0.29, 0.717) is 12.4 Å². The smallest absolute Gasteiger partial charge is 0.151 e. The highest BCUT2D eigenvalue weighted by Gasteiger charge is 2.10. The largest absolute Gasteiger partial charge is 0.313 e. The number of hydrogen-bond donors (Lipinski definition) is 1. The summed E-state index contributed by atoms with van der Waals surface area (Å²) < 4.78 is 27.6. The van der Waals surface area contributed by atoms with Gasteiger partial charge in [0, 0.05) is 6.07 Å². The quantitative estimate of drug-likeness (QED) is 0.853. The molecule has 84 valence electrons. The Morgan fingerprint density at radius 2 is 2.19 bits per heavy atom. The van der Waals surface area contributed by atoms with Gasteiger partial charge in [-0.2, -0.15) is 5.10 Å². The zero-order valence-corrected chi connectivity index (χ0v) is 8.61. The second-order valence-electron chi connectivity index (χ2n) is 3.21. The molecule has 4 nitrogen and oxygen atoms in total. The SMILES string of the molecule is CNCc1ncnn1-c1ccc(F)cc1F. The summed E-state index contributed by atoms with van der Waals surface area (Å²) in [5.41, 5.74) is 0.184. The normalized spacial score (nSPS) is 10.7. The van der Waals surface area contributed by atoms with Crippen molar-refractivity contribution in [3.63, 3.8) is 0 Å². The van der Waals surface area contributed by atoms with Crippen LogP contribution in [-0.2, 0) is 6.54 Å². The van der Waals surface area contributed by atoms with Crippen molar-refractivity contribution in [1.29, 1.82) is 0 Å². The number of nitrogens with zero attached hydrogens (tertiary/aromatic N) is 3. The molecule has 1 aromatic carbocycles. The van der Waals surface area contributed by atoms with Gasteiger partial charge in [-0.25, -0.2) is 18.4 Å². The molecule has 6 heteroatoms. The van der Waals surface area contributed by atoms with Gasteiger partial charge in [0.15, 0.2) is 5.82 Å². The molecule has 0 aliphatic rings. The summed E-state index contributed by atoms with van der Waals surface area (Å²) >= 11 is 0. The van der Waals surface area contributed by atoms with Crippen LogP contribution in [0.3, 0.4) is 0 Å². The van der Waals surface area contributed by atoms with Gasteiger partial charge < -0.3 is 5.32 Å². The van der Waals surface area contributed by atoms with Crippen LogP contribution in [-0.4, -0.2) is 21.8 Å². The Balaban J connectivity index is 2.46. The highest BCUT2D eigenvalue weighted by molar-refractivity contribution is 5.33. The van der Waals surface area contributed by atoms with Gasteiger partial charge in [-0.3, -0.25) is 0 Å². The van der Waals surface area contributed by atoms with Gasteiger partial charge in [0.2, 0.25) is 0 Å². The molecule has 1 heterocycles. The predicted molar refractivity (Wildman–Crippen MR) is 54.0 cm³/mol. The molecule has 0 atom stereocenters. The molecule has 0 spiro atoms.